The summed E-state index contributed by atoms with van der Waals surface area (Å²) in [6, 6.07) is 8.78. The van der Waals surface area contributed by atoms with E-state index in [0.29, 0.717) is 43.6 Å². The summed E-state index contributed by atoms with van der Waals surface area (Å²) in [7, 11) is 0. The van der Waals surface area contributed by atoms with Crippen molar-refractivity contribution in [2.45, 2.75) is 6.42 Å². The summed E-state index contributed by atoms with van der Waals surface area (Å²) in [6.45, 7) is 3.64. The van der Waals surface area contributed by atoms with E-state index in [1.807, 2.05) is 0 Å². The van der Waals surface area contributed by atoms with Crippen LogP contribution in [0.25, 0.3) is 0 Å². The van der Waals surface area contributed by atoms with Crippen LogP contribution in [0.1, 0.15) is 6.42 Å². The maximum atomic E-state index is 12.1. The number of hydrogen-bond donors (Lipinski definition) is 3. The first-order valence-electron chi connectivity index (χ1n) is 9.20. The lowest BCUT2D eigenvalue weighted by molar-refractivity contribution is -0.118. The Kier molecular flexibility index (Phi) is 7.28. The molecule has 0 atom stereocenters. The molecule has 1 fully saturated rings. The van der Waals surface area contributed by atoms with E-state index in [1.54, 1.807) is 42.7 Å². The maximum Gasteiger partial charge on any atom is 0.238 e. The number of carbonyl (C=O) groups excluding carboxylic acids is 2. The van der Waals surface area contributed by atoms with Crippen LogP contribution in [0.15, 0.2) is 42.7 Å². The van der Waals surface area contributed by atoms with Crippen LogP contribution in [0, 0.1) is 0 Å². The monoisotopic (exact) mass is 384 g/mol. The van der Waals surface area contributed by atoms with Gasteiger partial charge in [0.2, 0.25) is 17.8 Å². The lowest BCUT2D eigenvalue weighted by Crippen LogP contribution is -2.41. The normalized spacial score (nSPS) is 14.3. The highest BCUT2D eigenvalue weighted by atomic mass is 16.5. The first kappa shape index (κ1) is 19.7. The number of morpholine rings is 1. The molecule has 2 amide bonds. The third-order valence-electron chi connectivity index (χ3n) is 4.12. The zero-order valence-electron chi connectivity index (χ0n) is 15.6. The number of amides is 2. The van der Waals surface area contributed by atoms with Crippen molar-refractivity contribution < 1.29 is 14.3 Å². The van der Waals surface area contributed by atoms with E-state index >= 15 is 0 Å². The zero-order valence-corrected chi connectivity index (χ0v) is 15.6. The molecular formula is C19H24N6O3. The predicted molar refractivity (Wildman–Crippen MR) is 106 cm³/mol. The van der Waals surface area contributed by atoms with Gasteiger partial charge < -0.3 is 20.7 Å². The van der Waals surface area contributed by atoms with Gasteiger partial charge in [-0.15, -0.1) is 0 Å². The molecule has 9 heteroatoms. The number of anilines is 3. The molecule has 0 radical (unpaired) electrons. The SMILES string of the molecule is O=C(CCNc1ncccn1)Nc1ccc(NC(=O)CN2CCOCC2)cc1. The highest BCUT2D eigenvalue weighted by Crippen LogP contribution is 2.14. The molecule has 3 N–H and O–H groups in total. The molecule has 2 heterocycles. The number of carbonyl (C=O) groups is 2. The molecule has 0 bridgehead atoms. The second kappa shape index (κ2) is 10.3. The van der Waals surface area contributed by atoms with Gasteiger partial charge in [0.05, 0.1) is 19.8 Å². The van der Waals surface area contributed by atoms with E-state index in [0.717, 1.165) is 13.1 Å². The van der Waals surface area contributed by atoms with Crippen LogP contribution in [-0.2, 0) is 14.3 Å². The fraction of sp³-hybridized carbons (Fsp3) is 0.368. The van der Waals surface area contributed by atoms with E-state index < -0.39 is 0 Å². The quantitative estimate of drug-likeness (QED) is 0.627. The van der Waals surface area contributed by atoms with Crippen molar-refractivity contribution in [2.24, 2.45) is 0 Å². The Morgan fingerprint density at radius 2 is 1.57 bits per heavy atom. The smallest absolute Gasteiger partial charge is 0.238 e. The predicted octanol–water partition coefficient (Wildman–Crippen LogP) is 1.19. The van der Waals surface area contributed by atoms with E-state index in [-0.39, 0.29) is 18.2 Å². The summed E-state index contributed by atoms with van der Waals surface area (Å²) in [5, 5.41) is 8.67. The van der Waals surface area contributed by atoms with Gasteiger partial charge in [0.15, 0.2) is 0 Å². The first-order valence-corrected chi connectivity index (χ1v) is 9.20. The average molecular weight is 384 g/mol. The van der Waals surface area contributed by atoms with Crippen LogP contribution in [0.4, 0.5) is 17.3 Å². The largest absolute Gasteiger partial charge is 0.379 e. The third kappa shape index (κ3) is 6.60. The van der Waals surface area contributed by atoms with Crippen LogP contribution in [0.5, 0.6) is 0 Å². The summed E-state index contributed by atoms with van der Waals surface area (Å²) in [6.07, 6.45) is 3.56. The van der Waals surface area contributed by atoms with Crippen molar-refractivity contribution >= 4 is 29.1 Å². The summed E-state index contributed by atoms with van der Waals surface area (Å²) < 4.78 is 5.27. The molecule has 0 saturated carbocycles. The second-order valence-electron chi connectivity index (χ2n) is 6.31. The molecule has 2 aromatic rings. The standard InChI is InChI=1S/C19H24N6O3/c26-17(6-9-22-19-20-7-1-8-21-19)23-15-2-4-16(5-3-15)24-18(27)14-25-10-12-28-13-11-25/h1-5,7-8H,6,9-14H2,(H,23,26)(H,24,27)(H,20,21,22). The summed E-state index contributed by atoms with van der Waals surface area (Å²) in [5.41, 5.74) is 1.37. The van der Waals surface area contributed by atoms with Gasteiger partial charge in [-0.25, -0.2) is 9.97 Å². The zero-order chi connectivity index (χ0) is 19.6. The van der Waals surface area contributed by atoms with Gasteiger partial charge in [0.25, 0.3) is 0 Å². The molecule has 0 spiro atoms. The van der Waals surface area contributed by atoms with Crippen LogP contribution in [0.2, 0.25) is 0 Å². The minimum Gasteiger partial charge on any atom is -0.379 e. The van der Waals surface area contributed by atoms with Crippen LogP contribution < -0.4 is 16.0 Å². The molecule has 3 rings (SSSR count). The minimum atomic E-state index is -0.118. The van der Waals surface area contributed by atoms with Gasteiger partial charge in [-0.05, 0) is 30.3 Å². The Balaban J connectivity index is 1.38. The van der Waals surface area contributed by atoms with E-state index in [9.17, 15) is 9.59 Å². The molecule has 1 aliphatic heterocycles. The highest BCUT2D eigenvalue weighted by Gasteiger charge is 2.14. The van der Waals surface area contributed by atoms with E-state index in [4.69, 9.17) is 4.74 Å². The molecular weight excluding hydrogens is 360 g/mol. The fourth-order valence-corrected chi connectivity index (χ4v) is 2.70. The van der Waals surface area contributed by atoms with Crippen molar-refractivity contribution in [1.29, 1.82) is 0 Å². The summed E-state index contributed by atoms with van der Waals surface area (Å²) >= 11 is 0. The molecule has 1 aromatic heterocycles. The van der Waals surface area contributed by atoms with E-state index in [2.05, 4.69) is 30.8 Å². The number of aromatic nitrogens is 2. The molecule has 1 saturated heterocycles. The van der Waals surface area contributed by atoms with Crippen LogP contribution in [-0.4, -0.2) is 66.1 Å². The number of nitrogens with zero attached hydrogens (tertiary/aromatic N) is 3. The van der Waals surface area contributed by atoms with E-state index in [1.165, 1.54) is 0 Å². The number of rotatable bonds is 8. The van der Waals surface area contributed by atoms with Gasteiger partial charge in [-0.3, -0.25) is 14.5 Å². The van der Waals surface area contributed by atoms with Gasteiger partial charge in [0.1, 0.15) is 0 Å². The molecule has 9 nitrogen and oxygen atoms in total. The highest BCUT2D eigenvalue weighted by molar-refractivity contribution is 5.93. The summed E-state index contributed by atoms with van der Waals surface area (Å²) in [4.78, 5) is 34.2. The fourth-order valence-electron chi connectivity index (χ4n) is 2.70. The topological polar surface area (TPSA) is 108 Å². The van der Waals surface area contributed by atoms with Crippen molar-refractivity contribution in [2.75, 3.05) is 55.3 Å². The number of hydrogen-bond acceptors (Lipinski definition) is 7. The van der Waals surface area contributed by atoms with Crippen LogP contribution in [0.3, 0.4) is 0 Å². The lowest BCUT2D eigenvalue weighted by atomic mass is 10.2. The molecule has 1 aromatic carbocycles. The van der Waals surface area contributed by atoms with Gasteiger partial charge in [-0.1, -0.05) is 0 Å². The van der Waals surface area contributed by atoms with Crippen molar-refractivity contribution in [1.82, 2.24) is 14.9 Å². The average Bonchev–Trinajstić information content (AvgIpc) is 2.71. The molecule has 0 unspecified atom stereocenters. The van der Waals surface area contributed by atoms with Gasteiger partial charge in [0, 0.05) is 49.8 Å². The Morgan fingerprint density at radius 3 is 2.21 bits per heavy atom. The Hall–Kier alpha value is -3.04. The number of benzene rings is 1. The molecule has 1 aliphatic rings. The Bertz CT molecular complexity index is 763. The van der Waals surface area contributed by atoms with Crippen LogP contribution >= 0.6 is 0 Å². The minimum absolute atomic E-state index is 0.0621. The summed E-state index contributed by atoms with van der Waals surface area (Å²) in [5.74, 6) is 0.313. The first-order chi connectivity index (χ1) is 13.7. The molecule has 0 aliphatic carbocycles. The number of nitrogens with one attached hydrogen (secondary N) is 3. The lowest BCUT2D eigenvalue weighted by Gasteiger charge is -2.25. The molecule has 148 valence electrons. The maximum absolute atomic E-state index is 12.1. The van der Waals surface area contributed by atoms with Crippen molar-refractivity contribution in [3.63, 3.8) is 0 Å². The Morgan fingerprint density at radius 1 is 0.964 bits per heavy atom. The Labute approximate surface area is 163 Å². The second-order valence-corrected chi connectivity index (χ2v) is 6.31. The van der Waals surface area contributed by atoms with Gasteiger partial charge in [-0.2, -0.15) is 0 Å². The van der Waals surface area contributed by atoms with Crippen molar-refractivity contribution in [3.05, 3.63) is 42.7 Å². The van der Waals surface area contributed by atoms with Gasteiger partial charge >= 0.3 is 0 Å². The molecule has 28 heavy (non-hydrogen) atoms. The third-order valence-corrected chi connectivity index (χ3v) is 4.12. The van der Waals surface area contributed by atoms with Crippen molar-refractivity contribution in [3.8, 4) is 0 Å². The number of ether oxygens (including phenoxy) is 1.